The fourth-order valence-corrected chi connectivity index (χ4v) is 3.33. The molecule has 0 nitrogen and oxygen atoms in total. The Morgan fingerprint density at radius 3 is 0.605 bits per heavy atom. The molecule has 3 aromatic rings. The highest BCUT2D eigenvalue weighted by Gasteiger charge is 2.01. The van der Waals surface area contributed by atoms with Gasteiger partial charge in [-0.25, -0.2) is 0 Å². The minimum Gasteiger partial charge on any atom is -0.0683 e. The largest absolute Gasteiger partial charge is 0.0683 e. The van der Waals surface area contributed by atoms with E-state index in [9.17, 15) is 0 Å². The molecule has 4 aliphatic carbocycles. The molecule has 4 bridgehead atoms. The van der Waals surface area contributed by atoms with Gasteiger partial charge in [0.2, 0.25) is 0 Å². The summed E-state index contributed by atoms with van der Waals surface area (Å²) in [6.45, 7) is 28.4. The fraction of sp³-hybridized carbons (Fsp3) is 0.526. The molecule has 0 N–H and O–H groups in total. The first-order valence-corrected chi connectivity index (χ1v) is 16.0. The van der Waals surface area contributed by atoms with Crippen LogP contribution in [-0.2, 0) is 38.5 Å². The molecule has 0 aliphatic heterocycles. The molecule has 7 rings (SSSR count). The minimum atomic E-state index is 1.14. The molecule has 0 fully saturated rings. The molecule has 3 aromatic carbocycles. The molecule has 0 heteroatoms. The Morgan fingerprint density at radius 2 is 0.474 bits per heavy atom. The summed E-state index contributed by atoms with van der Waals surface area (Å²) in [4.78, 5) is 0. The van der Waals surface area contributed by atoms with Crippen LogP contribution in [0.1, 0.15) is 130 Å². The van der Waals surface area contributed by atoms with Gasteiger partial charge in [-0.15, -0.1) is 0 Å². The van der Waals surface area contributed by atoms with Crippen LogP contribution in [0.2, 0.25) is 0 Å². The molecular formula is C38H66. The van der Waals surface area contributed by atoms with E-state index in [4.69, 9.17) is 0 Å². The number of rotatable bonds is 2. The predicted molar refractivity (Wildman–Crippen MR) is 181 cm³/mol. The summed E-state index contributed by atoms with van der Waals surface area (Å²) in [6.07, 6.45) is 6.90. The minimum absolute atomic E-state index is 1.14. The highest BCUT2D eigenvalue weighted by Crippen LogP contribution is 2.15. The molecule has 38 heavy (non-hydrogen) atoms. The zero-order chi connectivity index (χ0) is 30.2. The van der Waals surface area contributed by atoms with Crippen molar-refractivity contribution in [3.8, 4) is 0 Å². The standard InChI is InChI=1S/C16H16.C10H14.6C2H6/c1-2-14-4-3-13(1)9-10-15-5-7-16(8-6-15)12-11-14;1-3-9-5-7-10(4-2)8-6-9;6*1-2/h1-8H,9-12H2;5-8H,3-4H2,1-2H3;6*1-2H3. The fourth-order valence-electron chi connectivity index (χ4n) is 3.33. The third kappa shape index (κ3) is 20.7. The lowest BCUT2D eigenvalue weighted by atomic mass is 9.97. The molecule has 0 saturated heterocycles. The van der Waals surface area contributed by atoms with E-state index in [1.807, 2.05) is 83.1 Å². The first-order valence-electron chi connectivity index (χ1n) is 16.0. The molecule has 4 aliphatic rings. The normalized spacial score (nSPS) is 9.63. The molecule has 0 aromatic heterocycles. The van der Waals surface area contributed by atoms with Crippen molar-refractivity contribution in [2.24, 2.45) is 0 Å². The van der Waals surface area contributed by atoms with E-state index < -0.39 is 0 Å². The van der Waals surface area contributed by atoms with Crippen molar-refractivity contribution in [3.05, 3.63) is 106 Å². The van der Waals surface area contributed by atoms with E-state index in [0.717, 1.165) is 38.5 Å². The average molecular weight is 523 g/mol. The summed E-state index contributed by atoms with van der Waals surface area (Å²) < 4.78 is 0. The van der Waals surface area contributed by atoms with Gasteiger partial charge in [0.1, 0.15) is 0 Å². The summed E-state index contributed by atoms with van der Waals surface area (Å²) in [7, 11) is 0. The Labute approximate surface area is 241 Å². The number of hydrogen-bond acceptors (Lipinski definition) is 0. The topological polar surface area (TPSA) is 0 Å². The Morgan fingerprint density at radius 1 is 0.316 bits per heavy atom. The number of aryl methyl sites for hydroxylation is 6. The maximum absolute atomic E-state index is 2.28. The van der Waals surface area contributed by atoms with Gasteiger partial charge in [0.15, 0.2) is 0 Å². The lowest BCUT2D eigenvalue weighted by molar-refractivity contribution is 0.921. The first kappa shape index (κ1) is 42.7. The highest BCUT2D eigenvalue weighted by atomic mass is 14.1. The van der Waals surface area contributed by atoms with Crippen LogP contribution >= 0.6 is 0 Å². The number of benzene rings is 3. The van der Waals surface area contributed by atoms with Gasteiger partial charge >= 0.3 is 0 Å². The molecule has 0 heterocycles. The van der Waals surface area contributed by atoms with Gasteiger partial charge in [0.25, 0.3) is 0 Å². The molecule has 0 unspecified atom stereocenters. The zero-order valence-corrected chi connectivity index (χ0v) is 28.2. The second-order valence-corrected chi connectivity index (χ2v) is 7.16. The Bertz CT molecular complexity index is 660. The van der Waals surface area contributed by atoms with Crippen molar-refractivity contribution >= 4 is 0 Å². The third-order valence-corrected chi connectivity index (χ3v) is 5.29. The molecule has 0 saturated carbocycles. The first-order chi connectivity index (χ1) is 18.8. The van der Waals surface area contributed by atoms with Crippen LogP contribution in [0.25, 0.3) is 0 Å². The SMILES string of the molecule is CC.CC.CC.CC.CC.CC.CCc1ccc(CC)cc1.c1cc2ccc1CCc1ccc(cc1)CC2. The molecule has 0 radical (unpaired) electrons. The summed E-state index contributed by atoms with van der Waals surface area (Å²) in [5, 5.41) is 0. The second-order valence-electron chi connectivity index (χ2n) is 7.16. The van der Waals surface area contributed by atoms with Gasteiger partial charge in [-0.3, -0.25) is 0 Å². The summed E-state index contributed by atoms with van der Waals surface area (Å²) in [6, 6.07) is 27.1. The van der Waals surface area contributed by atoms with E-state index in [2.05, 4.69) is 86.6 Å². The van der Waals surface area contributed by atoms with Crippen molar-refractivity contribution in [2.75, 3.05) is 0 Å². The lowest BCUT2D eigenvalue weighted by Gasteiger charge is -2.09. The zero-order valence-electron chi connectivity index (χ0n) is 28.2. The van der Waals surface area contributed by atoms with E-state index in [-0.39, 0.29) is 0 Å². The van der Waals surface area contributed by atoms with Gasteiger partial charge in [-0.1, -0.05) is 170 Å². The van der Waals surface area contributed by atoms with Crippen molar-refractivity contribution in [2.45, 2.75) is 135 Å². The van der Waals surface area contributed by atoms with Crippen LogP contribution in [-0.4, -0.2) is 0 Å². The van der Waals surface area contributed by atoms with Crippen LogP contribution in [0.5, 0.6) is 0 Å². The maximum atomic E-state index is 2.28. The van der Waals surface area contributed by atoms with Crippen molar-refractivity contribution in [3.63, 3.8) is 0 Å². The maximum Gasteiger partial charge on any atom is -0.0238 e. The Kier molecular flexibility index (Phi) is 39.0. The average Bonchev–Trinajstić information content (AvgIpc) is 3.05. The van der Waals surface area contributed by atoms with Crippen LogP contribution < -0.4 is 0 Å². The Hall–Kier alpha value is -2.34. The van der Waals surface area contributed by atoms with E-state index >= 15 is 0 Å². The monoisotopic (exact) mass is 523 g/mol. The van der Waals surface area contributed by atoms with Crippen molar-refractivity contribution < 1.29 is 0 Å². The van der Waals surface area contributed by atoms with Crippen LogP contribution in [0.15, 0.2) is 72.8 Å². The second kappa shape index (κ2) is 34.7. The summed E-state index contributed by atoms with van der Waals surface area (Å²) >= 11 is 0. The molecule has 218 valence electrons. The van der Waals surface area contributed by atoms with E-state index in [0.29, 0.717) is 0 Å². The lowest BCUT2D eigenvalue weighted by Crippen LogP contribution is -1.97. The molecule has 0 amide bonds. The van der Waals surface area contributed by atoms with Gasteiger partial charge < -0.3 is 0 Å². The van der Waals surface area contributed by atoms with E-state index in [1.54, 1.807) is 0 Å². The summed E-state index contributed by atoms with van der Waals surface area (Å²) in [5.41, 5.74) is 8.66. The van der Waals surface area contributed by atoms with Gasteiger partial charge in [0, 0.05) is 0 Å². The highest BCUT2D eigenvalue weighted by molar-refractivity contribution is 5.29. The third-order valence-electron chi connectivity index (χ3n) is 5.29. The van der Waals surface area contributed by atoms with Gasteiger partial charge in [-0.05, 0) is 71.9 Å². The van der Waals surface area contributed by atoms with Crippen LogP contribution in [0.4, 0.5) is 0 Å². The predicted octanol–water partition coefficient (Wildman–Crippen LogP) is 12.5. The van der Waals surface area contributed by atoms with Gasteiger partial charge in [0.05, 0.1) is 0 Å². The van der Waals surface area contributed by atoms with Gasteiger partial charge in [-0.2, -0.15) is 0 Å². The van der Waals surface area contributed by atoms with E-state index in [1.165, 1.54) is 33.4 Å². The molecular weight excluding hydrogens is 456 g/mol. The number of hydrogen-bond donors (Lipinski definition) is 0. The quantitative estimate of drug-likeness (QED) is 0.314. The van der Waals surface area contributed by atoms with Crippen LogP contribution in [0.3, 0.4) is 0 Å². The Balaban J connectivity index is -0.000000228. The van der Waals surface area contributed by atoms with Crippen LogP contribution in [0, 0.1) is 0 Å². The van der Waals surface area contributed by atoms with Crippen molar-refractivity contribution in [1.29, 1.82) is 0 Å². The molecule has 0 spiro atoms. The smallest absolute Gasteiger partial charge is 0.0238 e. The summed E-state index contributed by atoms with van der Waals surface area (Å²) in [5.74, 6) is 0. The van der Waals surface area contributed by atoms with Crippen molar-refractivity contribution in [1.82, 2.24) is 0 Å². The molecule has 0 atom stereocenters.